The number of urea groups is 1. The number of benzene rings is 2. The van der Waals surface area contributed by atoms with Gasteiger partial charge in [-0.15, -0.1) is 0 Å². The zero-order valence-corrected chi connectivity index (χ0v) is 11.1. The summed E-state index contributed by atoms with van der Waals surface area (Å²) in [6, 6.07) is 9.47. The van der Waals surface area contributed by atoms with Gasteiger partial charge < -0.3 is 10.6 Å². The fourth-order valence-corrected chi connectivity index (χ4v) is 2.50. The van der Waals surface area contributed by atoms with Crippen LogP contribution in [-0.2, 0) is 0 Å². The maximum Gasteiger partial charge on any atom is 0.319 e. The normalized spacial score (nSPS) is 14.0. The van der Waals surface area contributed by atoms with Gasteiger partial charge in [0.15, 0.2) is 0 Å². The molecule has 1 heterocycles. The summed E-state index contributed by atoms with van der Waals surface area (Å²) in [4.78, 5) is 14.7. The van der Waals surface area contributed by atoms with Crippen molar-refractivity contribution in [3.63, 3.8) is 0 Å². The highest BCUT2D eigenvalue weighted by Gasteiger charge is 2.26. The van der Waals surface area contributed by atoms with Gasteiger partial charge in [0.25, 0.3) is 0 Å². The van der Waals surface area contributed by atoms with Gasteiger partial charge in [-0.25, -0.2) is 13.6 Å². The first kappa shape index (κ1) is 13.4. The van der Waals surface area contributed by atoms with Crippen LogP contribution in [0, 0.1) is 11.6 Å². The van der Waals surface area contributed by atoms with Gasteiger partial charge >= 0.3 is 6.03 Å². The first-order valence-electron chi connectivity index (χ1n) is 6.46. The Hall–Kier alpha value is -2.63. The second kappa shape index (κ2) is 5.05. The molecule has 21 heavy (non-hydrogen) atoms. The second-order valence-corrected chi connectivity index (χ2v) is 4.75. The zero-order chi connectivity index (χ0) is 15.0. The van der Waals surface area contributed by atoms with Crippen molar-refractivity contribution >= 4 is 23.1 Å². The molecule has 2 N–H and O–H groups in total. The molecule has 0 atom stereocenters. The molecule has 0 aliphatic carbocycles. The summed E-state index contributed by atoms with van der Waals surface area (Å²) in [6.07, 6.45) is 0. The lowest BCUT2D eigenvalue weighted by atomic mass is 10.1. The van der Waals surface area contributed by atoms with Crippen LogP contribution in [-0.4, -0.2) is 19.1 Å². The summed E-state index contributed by atoms with van der Waals surface area (Å²) in [5, 5.41) is 0. The zero-order valence-electron chi connectivity index (χ0n) is 11.1. The maximum absolute atomic E-state index is 13.6. The number of amides is 2. The third-order valence-electron chi connectivity index (χ3n) is 3.47. The number of halogens is 2. The predicted molar refractivity (Wildman–Crippen MR) is 76.7 cm³/mol. The van der Waals surface area contributed by atoms with Crippen LogP contribution in [0.2, 0.25) is 0 Å². The summed E-state index contributed by atoms with van der Waals surface area (Å²) in [5.41, 5.74) is 7.15. The van der Waals surface area contributed by atoms with Crippen molar-refractivity contribution in [3.05, 3.63) is 54.1 Å². The lowest BCUT2D eigenvalue weighted by Gasteiger charge is -2.37. The highest BCUT2D eigenvalue weighted by atomic mass is 19.1. The molecule has 3 rings (SSSR count). The van der Waals surface area contributed by atoms with E-state index in [0.29, 0.717) is 24.5 Å². The number of hydrogen-bond donors (Lipinski definition) is 1. The Morgan fingerprint density at radius 1 is 0.952 bits per heavy atom. The molecule has 0 saturated heterocycles. The lowest BCUT2D eigenvalue weighted by molar-refractivity contribution is 0.254. The maximum atomic E-state index is 13.6. The summed E-state index contributed by atoms with van der Waals surface area (Å²) < 4.78 is 26.6. The van der Waals surface area contributed by atoms with Crippen LogP contribution in [0.15, 0.2) is 42.5 Å². The first-order valence-corrected chi connectivity index (χ1v) is 6.46. The number of hydrogen-bond acceptors (Lipinski definition) is 2. The van der Waals surface area contributed by atoms with E-state index < -0.39 is 11.8 Å². The number of carbonyl (C=O) groups is 1. The van der Waals surface area contributed by atoms with Gasteiger partial charge in [0, 0.05) is 18.8 Å². The van der Waals surface area contributed by atoms with E-state index in [1.54, 1.807) is 12.1 Å². The number of carbonyl (C=O) groups excluding carboxylic acids is 1. The van der Waals surface area contributed by atoms with E-state index in [9.17, 15) is 13.6 Å². The highest BCUT2D eigenvalue weighted by Crippen LogP contribution is 2.38. The molecule has 108 valence electrons. The highest BCUT2D eigenvalue weighted by molar-refractivity contribution is 5.97. The Morgan fingerprint density at radius 3 is 2.29 bits per heavy atom. The fraction of sp³-hybridized carbons (Fsp3) is 0.133. The summed E-state index contributed by atoms with van der Waals surface area (Å²) in [5.74, 6) is -0.749. The van der Waals surface area contributed by atoms with Crippen LogP contribution in [0.4, 0.5) is 30.6 Å². The lowest BCUT2D eigenvalue weighted by Crippen LogP contribution is -2.45. The minimum absolute atomic E-state index is 0.339. The smallest absolute Gasteiger partial charge is 0.319 e. The van der Waals surface area contributed by atoms with Gasteiger partial charge in [-0.05, 0) is 42.5 Å². The van der Waals surface area contributed by atoms with Crippen LogP contribution >= 0.6 is 0 Å². The number of nitrogens with two attached hydrogens (primary N) is 1. The van der Waals surface area contributed by atoms with E-state index in [2.05, 4.69) is 0 Å². The average molecular weight is 289 g/mol. The number of fused-ring (bicyclic) bond motifs is 1. The molecule has 0 unspecified atom stereocenters. The van der Waals surface area contributed by atoms with Crippen molar-refractivity contribution < 1.29 is 13.6 Å². The monoisotopic (exact) mass is 289 g/mol. The molecule has 0 bridgehead atoms. The fourth-order valence-electron chi connectivity index (χ4n) is 2.50. The molecular formula is C15H13F2N3O. The Labute approximate surface area is 120 Å². The largest absolute Gasteiger partial charge is 0.351 e. The Morgan fingerprint density at radius 2 is 1.62 bits per heavy atom. The van der Waals surface area contributed by atoms with Gasteiger partial charge in [0.1, 0.15) is 11.6 Å². The molecule has 6 heteroatoms. The van der Waals surface area contributed by atoms with Crippen LogP contribution in [0.5, 0.6) is 0 Å². The predicted octanol–water partition coefficient (Wildman–Crippen LogP) is 3.00. The number of primary amides is 1. The van der Waals surface area contributed by atoms with Gasteiger partial charge in [-0.2, -0.15) is 0 Å². The molecule has 0 spiro atoms. The molecule has 1 aliphatic rings. The summed E-state index contributed by atoms with van der Waals surface area (Å²) >= 11 is 0. The molecule has 0 radical (unpaired) electrons. The molecule has 0 fully saturated rings. The van der Waals surface area contributed by atoms with Crippen molar-refractivity contribution in [2.45, 2.75) is 0 Å². The molecule has 2 aromatic carbocycles. The van der Waals surface area contributed by atoms with E-state index in [-0.39, 0.29) is 5.82 Å². The van der Waals surface area contributed by atoms with Crippen LogP contribution in [0.1, 0.15) is 0 Å². The number of anilines is 3. The van der Waals surface area contributed by atoms with E-state index in [4.69, 9.17) is 5.73 Å². The SMILES string of the molecule is NC(=O)N1CCN(c2ccc(F)cc2)c2cc(F)ccc21. The Balaban J connectivity index is 2.08. The summed E-state index contributed by atoms with van der Waals surface area (Å²) in [7, 11) is 0. The number of nitrogens with zero attached hydrogens (tertiary/aromatic N) is 2. The average Bonchev–Trinajstić information content (AvgIpc) is 2.46. The van der Waals surface area contributed by atoms with Crippen molar-refractivity contribution in [3.8, 4) is 0 Å². The standard InChI is InChI=1S/C15H13F2N3O/c16-10-1-4-12(5-2-10)19-7-8-20(15(18)21)13-6-3-11(17)9-14(13)19/h1-6,9H,7-8H2,(H2,18,21). The minimum Gasteiger partial charge on any atom is -0.351 e. The van der Waals surface area contributed by atoms with Gasteiger partial charge in [-0.1, -0.05) is 0 Å². The van der Waals surface area contributed by atoms with E-state index >= 15 is 0 Å². The van der Waals surface area contributed by atoms with Crippen LogP contribution < -0.4 is 15.5 Å². The third kappa shape index (κ3) is 2.40. The van der Waals surface area contributed by atoms with Crippen molar-refractivity contribution in [1.82, 2.24) is 0 Å². The van der Waals surface area contributed by atoms with E-state index in [1.807, 2.05) is 4.90 Å². The molecule has 0 saturated carbocycles. The van der Waals surface area contributed by atoms with E-state index in [0.717, 1.165) is 5.69 Å². The minimum atomic E-state index is -0.582. The molecule has 0 aromatic heterocycles. The quantitative estimate of drug-likeness (QED) is 0.877. The van der Waals surface area contributed by atoms with Crippen molar-refractivity contribution in [2.75, 3.05) is 22.9 Å². The van der Waals surface area contributed by atoms with Crippen molar-refractivity contribution in [2.24, 2.45) is 5.73 Å². The first-order chi connectivity index (χ1) is 10.1. The second-order valence-electron chi connectivity index (χ2n) is 4.75. The summed E-state index contributed by atoms with van der Waals surface area (Å²) in [6.45, 7) is 0.830. The number of rotatable bonds is 1. The van der Waals surface area contributed by atoms with Gasteiger partial charge in [0.05, 0.1) is 11.4 Å². The van der Waals surface area contributed by atoms with Crippen LogP contribution in [0.25, 0.3) is 0 Å². The molecule has 2 amide bonds. The third-order valence-corrected chi connectivity index (χ3v) is 3.47. The van der Waals surface area contributed by atoms with E-state index in [1.165, 1.54) is 35.2 Å². The topological polar surface area (TPSA) is 49.6 Å². The molecular weight excluding hydrogens is 276 g/mol. The molecule has 1 aliphatic heterocycles. The Kier molecular flexibility index (Phi) is 3.21. The molecule has 4 nitrogen and oxygen atoms in total. The molecule has 2 aromatic rings. The van der Waals surface area contributed by atoms with Gasteiger partial charge in [-0.3, -0.25) is 4.90 Å². The van der Waals surface area contributed by atoms with Crippen molar-refractivity contribution in [1.29, 1.82) is 0 Å². The Bertz CT molecular complexity index is 688. The van der Waals surface area contributed by atoms with Crippen LogP contribution in [0.3, 0.4) is 0 Å². The van der Waals surface area contributed by atoms with Gasteiger partial charge in [0.2, 0.25) is 0 Å².